The van der Waals surface area contributed by atoms with Crippen molar-refractivity contribution in [2.75, 3.05) is 6.61 Å². The van der Waals surface area contributed by atoms with Gasteiger partial charge in [-0.15, -0.1) is 0 Å². The van der Waals surface area contributed by atoms with Gasteiger partial charge in [-0.05, 0) is 37.1 Å². The van der Waals surface area contributed by atoms with Crippen LogP contribution in [-0.4, -0.2) is 16.7 Å². The van der Waals surface area contributed by atoms with Crippen LogP contribution in [0.2, 0.25) is 0 Å². The van der Waals surface area contributed by atoms with Gasteiger partial charge in [-0.1, -0.05) is 18.2 Å². The van der Waals surface area contributed by atoms with Crippen molar-refractivity contribution in [3.05, 3.63) is 53.7 Å². The lowest BCUT2D eigenvalue weighted by Gasteiger charge is -2.12. The Bertz CT molecular complexity index is 524. The van der Waals surface area contributed by atoms with Gasteiger partial charge in [-0.3, -0.25) is 0 Å². The molecule has 1 aromatic carbocycles. The summed E-state index contributed by atoms with van der Waals surface area (Å²) in [5.41, 5.74) is 7.83. The Balaban J connectivity index is 2.17. The molecular weight excluding hydrogens is 240 g/mol. The van der Waals surface area contributed by atoms with Crippen LogP contribution in [0.5, 0.6) is 11.6 Å². The van der Waals surface area contributed by atoms with Gasteiger partial charge in [0.25, 0.3) is 0 Å². The summed E-state index contributed by atoms with van der Waals surface area (Å²) >= 11 is 0. The average Bonchev–Trinajstić information content (AvgIpc) is 2.42. The van der Waals surface area contributed by atoms with Gasteiger partial charge in [-0.25, -0.2) is 4.98 Å². The van der Waals surface area contributed by atoms with Gasteiger partial charge >= 0.3 is 0 Å². The quantitative estimate of drug-likeness (QED) is 0.864. The highest BCUT2D eigenvalue weighted by Gasteiger charge is 2.09. The molecule has 0 bridgehead atoms. The SMILES string of the molecule is C[C@H](N)c1cccnc1Oc1ccc(CCO)cc1. The molecule has 100 valence electrons. The van der Waals surface area contributed by atoms with Crippen LogP contribution < -0.4 is 10.5 Å². The van der Waals surface area contributed by atoms with E-state index in [0.717, 1.165) is 11.1 Å². The van der Waals surface area contributed by atoms with Crippen LogP contribution in [0.4, 0.5) is 0 Å². The van der Waals surface area contributed by atoms with E-state index in [4.69, 9.17) is 15.6 Å². The van der Waals surface area contributed by atoms with E-state index < -0.39 is 0 Å². The second-order valence-corrected chi connectivity index (χ2v) is 4.41. The minimum Gasteiger partial charge on any atom is -0.439 e. The van der Waals surface area contributed by atoms with Crippen molar-refractivity contribution in [2.24, 2.45) is 5.73 Å². The zero-order valence-corrected chi connectivity index (χ0v) is 10.9. The van der Waals surface area contributed by atoms with Crippen LogP contribution in [-0.2, 0) is 6.42 Å². The number of benzene rings is 1. The van der Waals surface area contributed by atoms with E-state index in [1.165, 1.54) is 0 Å². The lowest BCUT2D eigenvalue weighted by molar-refractivity contribution is 0.299. The maximum atomic E-state index is 8.87. The van der Waals surface area contributed by atoms with Crippen LogP contribution in [0.3, 0.4) is 0 Å². The van der Waals surface area contributed by atoms with Gasteiger partial charge in [0.2, 0.25) is 5.88 Å². The Labute approximate surface area is 112 Å². The van der Waals surface area contributed by atoms with Crippen LogP contribution in [0.25, 0.3) is 0 Å². The average molecular weight is 258 g/mol. The molecule has 19 heavy (non-hydrogen) atoms. The van der Waals surface area contributed by atoms with Gasteiger partial charge in [0.05, 0.1) is 0 Å². The largest absolute Gasteiger partial charge is 0.439 e. The normalized spacial score (nSPS) is 12.2. The van der Waals surface area contributed by atoms with E-state index in [1.54, 1.807) is 6.20 Å². The molecule has 0 saturated heterocycles. The molecule has 3 N–H and O–H groups in total. The van der Waals surface area contributed by atoms with E-state index in [9.17, 15) is 0 Å². The third kappa shape index (κ3) is 3.53. The van der Waals surface area contributed by atoms with E-state index in [1.807, 2.05) is 43.3 Å². The van der Waals surface area contributed by atoms with Gasteiger partial charge in [0, 0.05) is 24.4 Å². The third-order valence-corrected chi connectivity index (χ3v) is 2.83. The third-order valence-electron chi connectivity index (χ3n) is 2.83. The van der Waals surface area contributed by atoms with E-state index in [0.29, 0.717) is 18.1 Å². The summed E-state index contributed by atoms with van der Waals surface area (Å²) in [6.07, 6.45) is 2.33. The smallest absolute Gasteiger partial charge is 0.223 e. The Morgan fingerprint density at radius 1 is 1.26 bits per heavy atom. The predicted octanol–water partition coefficient (Wildman–Crippen LogP) is 2.43. The molecule has 4 heteroatoms. The van der Waals surface area contributed by atoms with Gasteiger partial charge in [0.15, 0.2) is 0 Å². The molecule has 1 aromatic heterocycles. The van der Waals surface area contributed by atoms with Crippen LogP contribution in [0, 0.1) is 0 Å². The van der Waals surface area contributed by atoms with Crippen molar-refractivity contribution in [1.82, 2.24) is 4.98 Å². The molecule has 2 aromatic rings. The van der Waals surface area contributed by atoms with Crippen LogP contribution >= 0.6 is 0 Å². The topological polar surface area (TPSA) is 68.4 Å². The highest BCUT2D eigenvalue weighted by Crippen LogP contribution is 2.26. The lowest BCUT2D eigenvalue weighted by Crippen LogP contribution is -2.07. The van der Waals surface area contributed by atoms with Crippen LogP contribution in [0.1, 0.15) is 24.1 Å². The lowest BCUT2D eigenvalue weighted by atomic mass is 10.1. The maximum Gasteiger partial charge on any atom is 0.223 e. The number of nitrogens with two attached hydrogens (primary N) is 1. The first-order valence-electron chi connectivity index (χ1n) is 6.29. The van der Waals surface area contributed by atoms with Crippen LogP contribution in [0.15, 0.2) is 42.6 Å². The highest BCUT2D eigenvalue weighted by atomic mass is 16.5. The monoisotopic (exact) mass is 258 g/mol. The molecule has 0 radical (unpaired) electrons. The summed E-state index contributed by atoms with van der Waals surface area (Å²) in [6.45, 7) is 2.05. The molecule has 0 saturated carbocycles. The molecule has 0 aliphatic rings. The predicted molar refractivity (Wildman–Crippen MR) is 74.1 cm³/mol. The Morgan fingerprint density at radius 3 is 2.63 bits per heavy atom. The minimum atomic E-state index is -0.127. The molecule has 0 amide bonds. The number of hydrogen-bond donors (Lipinski definition) is 2. The fourth-order valence-electron chi connectivity index (χ4n) is 1.80. The number of aliphatic hydroxyl groups is 1. The van der Waals surface area contributed by atoms with Crippen molar-refractivity contribution in [3.63, 3.8) is 0 Å². The van der Waals surface area contributed by atoms with Gasteiger partial charge in [-0.2, -0.15) is 0 Å². The van der Waals surface area contributed by atoms with Crippen molar-refractivity contribution >= 4 is 0 Å². The molecule has 1 heterocycles. The van der Waals surface area contributed by atoms with Gasteiger partial charge in [0.1, 0.15) is 5.75 Å². The Kier molecular flexibility index (Phi) is 4.49. The van der Waals surface area contributed by atoms with Crippen molar-refractivity contribution in [1.29, 1.82) is 0 Å². The van der Waals surface area contributed by atoms with Crippen molar-refractivity contribution in [3.8, 4) is 11.6 Å². The molecule has 0 aliphatic heterocycles. The number of rotatable bonds is 5. The number of hydrogen-bond acceptors (Lipinski definition) is 4. The summed E-state index contributed by atoms with van der Waals surface area (Å²) in [6, 6.07) is 11.2. The molecule has 0 aliphatic carbocycles. The molecule has 0 fully saturated rings. The Morgan fingerprint density at radius 2 is 2.00 bits per heavy atom. The first-order chi connectivity index (χ1) is 9.20. The minimum absolute atomic E-state index is 0.127. The summed E-state index contributed by atoms with van der Waals surface area (Å²) in [5, 5.41) is 8.87. The van der Waals surface area contributed by atoms with Crippen molar-refractivity contribution < 1.29 is 9.84 Å². The molecule has 0 unspecified atom stereocenters. The molecular formula is C15H18N2O2. The van der Waals surface area contributed by atoms with Crippen molar-refractivity contribution in [2.45, 2.75) is 19.4 Å². The number of aromatic nitrogens is 1. The van der Waals surface area contributed by atoms with Gasteiger partial charge < -0.3 is 15.6 Å². The maximum absolute atomic E-state index is 8.87. The van der Waals surface area contributed by atoms with E-state index in [2.05, 4.69) is 4.98 Å². The zero-order chi connectivity index (χ0) is 13.7. The first kappa shape index (κ1) is 13.5. The second kappa shape index (κ2) is 6.31. The number of aliphatic hydroxyl groups excluding tert-OH is 1. The number of pyridine rings is 1. The summed E-state index contributed by atoms with van der Waals surface area (Å²) in [7, 11) is 0. The van der Waals surface area contributed by atoms with E-state index in [-0.39, 0.29) is 12.6 Å². The molecule has 2 rings (SSSR count). The van der Waals surface area contributed by atoms with E-state index >= 15 is 0 Å². The summed E-state index contributed by atoms with van der Waals surface area (Å²) < 4.78 is 5.75. The Hall–Kier alpha value is -1.91. The standard InChI is InChI=1S/C15H18N2O2/c1-11(16)14-3-2-9-17-15(14)19-13-6-4-12(5-7-13)8-10-18/h2-7,9,11,18H,8,10,16H2,1H3/t11-/m0/s1. The fraction of sp³-hybridized carbons (Fsp3) is 0.267. The number of ether oxygens (including phenoxy) is 1. The fourth-order valence-corrected chi connectivity index (χ4v) is 1.80. The first-order valence-corrected chi connectivity index (χ1v) is 6.29. The molecule has 1 atom stereocenters. The molecule has 0 spiro atoms. The zero-order valence-electron chi connectivity index (χ0n) is 10.9. The second-order valence-electron chi connectivity index (χ2n) is 4.41. The highest BCUT2D eigenvalue weighted by molar-refractivity contribution is 5.35. The summed E-state index contributed by atoms with van der Waals surface area (Å²) in [4.78, 5) is 4.21. The molecule has 4 nitrogen and oxygen atoms in total. The number of nitrogens with zero attached hydrogens (tertiary/aromatic N) is 1. The summed E-state index contributed by atoms with van der Waals surface area (Å²) in [5.74, 6) is 1.25.